The van der Waals surface area contributed by atoms with Gasteiger partial charge in [-0.15, -0.1) is 0 Å². The fourth-order valence-electron chi connectivity index (χ4n) is 7.28. The van der Waals surface area contributed by atoms with E-state index in [9.17, 15) is 19.4 Å². The lowest BCUT2D eigenvalue weighted by molar-refractivity contribution is -0.870. The predicted octanol–water partition coefficient (Wildman–Crippen LogP) is 16.3. The number of carbonyl (C=O) groups is 1. The van der Waals surface area contributed by atoms with Crippen molar-refractivity contribution in [2.45, 2.75) is 219 Å². The summed E-state index contributed by atoms with van der Waals surface area (Å²) >= 11 is 0. The van der Waals surface area contributed by atoms with Crippen LogP contribution in [0.1, 0.15) is 206 Å². The van der Waals surface area contributed by atoms with Gasteiger partial charge in [-0.2, -0.15) is 0 Å². The molecule has 0 saturated heterocycles. The summed E-state index contributed by atoms with van der Waals surface area (Å²) in [5.74, 6) is -0.224. The lowest BCUT2D eigenvalue weighted by atomic mass is 10.1. The van der Waals surface area contributed by atoms with E-state index in [2.05, 4.69) is 129 Å². The molecule has 8 nitrogen and oxygen atoms in total. The van der Waals surface area contributed by atoms with Crippen molar-refractivity contribution in [1.29, 1.82) is 0 Å². The first-order chi connectivity index (χ1) is 34.0. The predicted molar refractivity (Wildman–Crippen MR) is 302 cm³/mol. The molecule has 0 saturated carbocycles. The normalized spacial score (nSPS) is 14.9. The number of aliphatic hydroxyl groups excluding tert-OH is 1. The van der Waals surface area contributed by atoms with Crippen molar-refractivity contribution in [1.82, 2.24) is 5.32 Å². The fraction of sp³-hybridized carbons (Fsp3) is 0.656. The molecule has 0 aromatic rings. The van der Waals surface area contributed by atoms with Crippen LogP contribution in [0.3, 0.4) is 0 Å². The molecule has 70 heavy (non-hydrogen) atoms. The molecule has 0 aliphatic heterocycles. The Morgan fingerprint density at radius 2 is 0.886 bits per heavy atom. The number of hydrogen-bond donors (Lipinski definition) is 2. The Kier molecular flexibility index (Phi) is 48.6. The van der Waals surface area contributed by atoms with E-state index in [0.29, 0.717) is 17.4 Å². The molecule has 0 radical (unpaired) electrons. The van der Waals surface area contributed by atoms with Gasteiger partial charge < -0.3 is 28.8 Å². The number of amides is 1. The topological polar surface area (TPSA) is 108 Å². The van der Waals surface area contributed by atoms with Gasteiger partial charge in [-0.05, 0) is 103 Å². The van der Waals surface area contributed by atoms with E-state index in [0.717, 1.165) is 103 Å². The van der Waals surface area contributed by atoms with Crippen molar-refractivity contribution in [2.24, 2.45) is 0 Å². The van der Waals surface area contributed by atoms with Crippen LogP contribution in [-0.4, -0.2) is 68.5 Å². The van der Waals surface area contributed by atoms with Gasteiger partial charge in [0.05, 0.1) is 39.9 Å². The van der Waals surface area contributed by atoms with Crippen LogP contribution in [0.15, 0.2) is 122 Å². The molecule has 0 spiro atoms. The van der Waals surface area contributed by atoms with E-state index in [4.69, 9.17) is 9.05 Å². The van der Waals surface area contributed by atoms with Crippen molar-refractivity contribution in [3.05, 3.63) is 122 Å². The zero-order valence-electron chi connectivity index (χ0n) is 45.4. The summed E-state index contributed by atoms with van der Waals surface area (Å²) in [4.78, 5) is 25.5. The minimum Gasteiger partial charge on any atom is -0.756 e. The van der Waals surface area contributed by atoms with Crippen molar-refractivity contribution < 1.29 is 32.9 Å². The van der Waals surface area contributed by atoms with Gasteiger partial charge >= 0.3 is 0 Å². The second-order valence-corrected chi connectivity index (χ2v) is 20.9. The van der Waals surface area contributed by atoms with Crippen LogP contribution in [0.4, 0.5) is 0 Å². The Balaban J connectivity index is 4.29. The monoisotopic (exact) mass is 993 g/mol. The number of nitrogens with one attached hydrogen (secondary N) is 1. The van der Waals surface area contributed by atoms with Gasteiger partial charge in [0.25, 0.3) is 7.82 Å². The molecule has 0 rings (SSSR count). The Morgan fingerprint density at radius 3 is 1.33 bits per heavy atom. The number of quaternary nitrogens is 1. The van der Waals surface area contributed by atoms with Crippen molar-refractivity contribution >= 4 is 13.7 Å². The fourth-order valence-corrected chi connectivity index (χ4v) is 8.00. The SMILES string of the molecule is CC/C=C\C/C=C\C/C=C\C/C=C\C/C=C\C/C=C\C/C=C\CCCCCCCCCCCC(=O)NC(COP(=O)([O-])OCC[N+](C)(C)C)C(O)/C=C/CC/C=C/CC/C=C/CCCCCCCCC. The first kappa shape index (κ1) is 66.9. The van der Waals surface area contributed by atoms with Crippen LogP contribution in [0.2, 0.25) is 0 Å². The number of carbonyl (C=O) groups excluding carboxylic acids is 1. The summed E-state index contributed by atoms with van der Waals surface area (Å²) in [5, 5.41) is 13.8. The van der Waals surface area contributed by atoms with Crippen LogP contribution in [0, 0.1) is 0 Å². The Hall–Kier alpha value is -3.10. The summed E-state index contributed by atoms with van der Waals surface area (Å²) in [6, 6.07) is -0.922. The lowest BCUT2D eigenvalue weighted by Crippen LogP contribution is -2.45. The number of phosphoric acid groups is 1. The van der Waals surface area contributed by atoms with Crippen molar-refractivity contribution in [3.63, 3.8) is 0 Å². The molecule has 3 atom stereocenters. The molecule has 0 aliphatic carbocycles. The molecule has 0 heterocycles. The van der Waals surface area contributed by atoms with Crippen LogP contribution in [0.25, 0.3) is 0 Å². The first-order valence-electron chi connectivity index (χ1n) is 27.9. The molecular formula is C61H105N2O6P. The van der Waals surface area contributed by atoms with Gasteiger partial charge in [0.2, 0.25) is 5.91 Å². The summed E-state index contributed by atoms with van der Waals surface area (Å²) in [6.45, 7) is 4.48. The highest BCUT2D eigenvalue weighted by molar-refractivity contribution is 7.45. The number of allylic oxidation sites excluding steroid dienone is 19. The van der Waals surface area contributed by atoms with Crippen LogP contribution in [0.5, 0.6) is 0 Å². The summed E-state index contributed by atoms with van der Waals surface area (Å²) in [7, 11) is 1.21. The largest absolute Gasteiger partial charge is 0.756 e. The van der Waals surface area contributed by atoms with E-state index < -0.39 is 26.6 Å². The molecule has 9 heteroatoms. The molecule has 2 N–H and O–H groups in total. The number of unbranched alkanes of at least 4 members (excludes halogenated alkanes) is 18. The molecule has 0 aliphatic rings. The molecule has 400 valence electrons. The third kappa shape index (κ3) is 52.7. The number of phosphoric ester groups is 1. The average molecular weight is 993 g/mol. The quantitative estimate of drug-likeness (QED) is 0.0272. The van der Waals surface area contributed by atoms with E-state index in [-0.39, 0.29) is 12.5 Å². The smallest absolute Gasteiger partial charge is 0.268 e. The van der Waals surface area contributed by atoms with Gasteiger partial charge in [-0.25, -0.2) is 0 Å². The maximum Gasteiger partial charge on any atom is 0.268 e. The standard InChI is InChI=1S/C61H105N2O6P/c1-6-8-10-12-14-16-18-20-22-24-25-26-27-28-29-30-31-32-33-34-35-36-37-39-41-43-45-47-49-51-53-55-61(65)62-59(58-69-70(66,67)68-57-56-63(3,4)5)60(64)54-52-50-48-46-44-42-40-38-23-21-19-17-15-13-11-9-7-2/h8,10,14,16,20,22-23,25-26,28-29,31-32,34-35,38,44,46,52,54,59-60,64H,6-7,9,11-13,15,17-19,21,24,27,30,33,36-37,39-43,45,47-51,53,55-58H2,1-5H3,(H-,62,65,66,67)/b10-8-,16-14-,22-20-,26-25-,29-28-,32-31-,35-34-,38-23+,46-44+,54-52+. The van der Waals surface area contributed by atoms with E-state index in [1.807, 2.05) is 27.2 Å². The summed E-state index contributed by atoms with van der Waals surface area (Å²) in [6.07, 6.45) is 75.5. The average Bonchev–Trinajstić information content (AvgIpc) is 3.32. The maximum atomic E-state index is 12.9. The number of nitrogens with zero attached hydrogens (tertiary/aromatic N) is 1. The molecule has 3 unspecified atom stereocenters. The summed E-state index contributed by atoms with van der Waals surface area (Å²) in [5.41, 5.74) is 0. The van der Waals surface area contributed by atoms with Gasteiger partial charge in [0.15, 0.2) is 0 Å². The van der Waals surface area contributed by atoms with Gasteiger partial charge in [0, 0.05) is 6.42 Å². The molecule has 1 amide bonds. The van der Waals surface area contributed by atoms with Gasteiger partial charge in [-0.1, -0.05) is 219 Å². The number of aliphatic hydroxyl groups is 1. The van der Waals surface area contributed by atoms with Crippen LogP contribution >= 0.6 is 7.82 Å². The van der Waals surface area contributed by atoms with Crippen LogP contribution < -0.4 is 10.2 Å². The second kappa shape index (κ2) is 50.8. The zero-order chi connectivity index (χ0) is 51.3. The highest BCUT2D eigenvalue weighted by Gasteiger charge is 2.23. The Bertz CT molecular complexity index is 1550. The minimum atomic E-state index is -4.62. The van der Waals surface area contributed by atoms with Gasteiger partial charge in [0.1, 0.15) is 13.2 Å². The number of hydrogen-bond acceptors (Lipinski definition) is 6. The first-order valence-corrected chi connectivity index (χ1v) is 29.4. The Morgan fingerprint density at radius 1 is 0.514 bits per heavy atom. The van der Waals surface area contributed by atoms with E-state index in [1.165, 1.54) is 83.5 Å². The highest BCUT2D eigenvalue weighted by atomic mass is 31.2. The van der Waals surface area contributed by atoms with E-state index >= 15 is 0 Å². The third-order valence-electron chi connectivity index (χ3n) is 11.6. The third-order valence-corrected chi connectivity index (χ3v) is 12.6. The number of likely N-dealkylation sites (N-methyl/N-ethyl adjacent to an activating group) is 1. The van der Waals surface area contributed by atoms with Gasteiger partial charge in [-0.3, -0.25) is 9.36 Å². The van der Waals surface area contributed by atoms with Crippen molar-refractivity contribution in [2.75, 3.05) is 40.9 Å². The molecule has 0 fully saturated rings. The molecule has 0 aromatic carbocycles. The maximum absolute atomic E-state index is 12.9. The molecule has 0 bridgehead atoms. The molecule has 0 aromatic heterocycles. The van der Waals surface area contributed by atoms with Crippen molar-refractivity contribution in [3.8, 4) is 0 Å². The lowest BCUT2D eigenvalue weighted by Gasteiger charge is -2.29. The van der Waals surface area contributed by atoms with E-state index in [1.54, 1.807) is 6.08 Å². The zero-order valence-corrected chi connectivity index (χ0v) is 46.3. The number of rotatable bonds is 49. The minimum absolute atomic E-state index is 0.0166. The molecular weight excluding hydrogens is 888 g/mol. The second-order valence-electron chi connectivity index (χ2n) is 19.5. The Labute approximate surface area is 431 Å². The van der Waals surface area contributed by atoms with Crippen LogP contribution in [-0.2, 0) is 18.4 Å². The highest BCUT2D eigenvalue weighted by Crippen LogP contribution is 2.38. The summed E-state index contributed by atoms with van der Waals surface area (Å²) < 4.78 is 23.3.